The summed E-state index contributed by atoms with van der Waals surface area (Å²) < 4.78 is 0. The Balaban J connectivity index is 1.45. The Labute approximate surface area is 187 Å². The van der Waals surface area contributed by atoms with E-state index in [1.54, 1.807) is 12.4 Å². The molecule has 0 fully saturated rings. The van der Waals surface area contributed by atoms with E-state index in [2.05, 4.69) is 36.2 Å². The predicted octanol–water partition coefficient (Wildman–Crippen LogP) is 5.44. The van der Waals surface area contributed by atoms with Crippen LogP contribution in [0.1, 0.15) is 46.5 Å². The van der Waals surface area contributed by atoms with E-state index in [1.165, 1.54) is 46.2 Å². The van der Waals surface area contributed by atoms with Crippen molar-refractivity contribution in [2.45, 2.75) is 57.9 Å². The van der Waals surface area contributed by atoms with E-state index in [-0.39, 0.29) is 6.04 Å². The molecule has 4 nitrogen and oxygen atoms in total. The molecule has 3 heterocycles. The highest BCUT2D eigenvalue weighted by Gasteiger charge is 2.21. The summed E-state index contributed by atoms with van der Waals surface area (Å²) in [5.41, 5.74) is 12.8. The number of aromatic nitrogens is 3. The van der Waals surface area contributed by atoms with Gasteiger partial charge in [0.05, 0.1) is 5.69 Å². The predicted molar refractivity (Wildman–Crippen MR) is 128 cm³/mol. The third kappa shape index (κ3) is 4.39. The maximum atomic E-state index is 6.55. The quantitative estimate of drug-likeness (QED) is 0.444. The minimum absolute atomic E-state index is 0.117. The molecule has 2 N–H and O–H groups in total. The number of hydrogen-bond acceptors (Lipinski definition) is 5. The number of hydrogen-bond donors (Lipinski definition) is 1. The Morgan fingerprint density at radius 3 is 2.58 bits per heavy atom. The van der Waals surface area contributed by atoms with Gasteiger partial charge in [-0.25, -0.2) is 9.97 Å². The number of aryl methyl sites for hydroxylation is 4. The molecule has 31 heavy (non-hydrogen) atoms. The monoisotopic (exact) mass is 428 g/mol. The summed E-state index contributed by atoms with van der Waals surface area (Å²) in [6, 6.07) is 12.8. The molecule has 0 spiro atoms. The lowest BCUT2D eigenvalue weighted by atomic mass is 9.94. The first-order valence-electron chi connectivity index (χ1n) is 11.2. The van der Waals surface area contributed by atoms with Crippen molar-refractivity contribution in [3.63, 3.8) is 0 Å². The van der Waals surface area contributed by atoms with Gasteiger partial charge in [-0.15, -0.1) is 11.3 Å². The zero-order chi connectivity index (χ0) is 21.2. The molecule has 1 atom stereocenters. The average molecular weight is 429 g/mol. The molecule has 0 unspecified atom stereocenters. The van der Waals surface area contributed by atoms with Gasteiger partial charge >= 0.3 is 0 Å². The summed E-state index contributed by atoms with van der Waals surface area (Å²) in [6.07, 6.45) is 11.2. The summed E-state index contributed by atoms with van der Waals surface area (Å²) in [7, 11) is 0. The van der Waals surface area contributed by atoms with E-state index in [9.17, 15) is 0 Å². The second kappa shape index (κ2) is 8.85. The Kier molecular flexibility index (Phi) is 5.79. The summed E-state index contributed by atoms with van der Waals surface area (Å²) in [4.78, 5) is 16.8. The van der Waals surface area contributed by atoms with Crippen LogP contribution < -0.4 is 5.73 Å². The minimum Gasteiger partial charge on any atom is -0.327 e. The molecule has 0 amide bonds. The fourth-order valence-electron chi connectivity index (χ4n) is 4.49. The summed E-state index contributed by atoms with van der Waals surface area (Å²) >= 11 is 1.86. The van der Waals surface area contributed by atoms with E-state index in [0.717, 1.165) is 47.6 Å². The summed E-state index contributed by atoms with van der Waals surface area (Å²) in [5, 5.41) is 1.31. The van der Waals surface area contributed by atoms with Crippen molar-refractivity contribution < 1.29 is 0 Å². The number of fused-ring (bicyclic) bond motifs is 3. The highest BCUT2D eigenvalue weighted by Crippen LogP contribution is 2.38. The molecule has 5 rings (SSSR count). The molecule has 0 bridgehead atoms. The van der Waals surface area contributed by atoms with Gasteiger partial charge in [-0.05, 0) is 75.1 Å². The lowest BCUT2D eigenvalue weighted by Crippen LogP contribution is -2.23. The van der Waals surface area contributed by atoms with Crippen LogP contribution in [0.15, 0.2) is 48.8 Å². The van der Waals surface area contributed by atoms with Crippen LogP contribution in [-0.4, -0.2) is 21.0 Å². The second-order valence-electron chi connectivity index (χ2n) is 8.61. The molecule has 1 aromatic carbocycles. The van der Waals surface area contributed by atoms with Gasteiger partial charge in [0.2, 0.25) is 0 Å². The Bertz CT molecular complexity index is 1180. The highest BCUT2D eigenvalue weighted by molar-refractivity contribution is 7.18. The number of thiophene rings is 1. The van der Waals surface area contributed by atoms with E-state index in [4.69, 9.17) is 15.7 Å². The maximum Gasteiger partial charge on any atom is 0.161 e. The van der Waals surface area contributed by atoms with Gasteiger partial charge < -0.3 is 5.73 Å². The van der Waals surface area contributed by atoms with E-state index < -0.39 is 0 Å². The standard InChI is InChI=1S/C26H28N4S/c1-17-6-8-18(9-7-17)16-20(27)10-11-22-24-21-4-2-3-5-23(21)31-26(24)30-25(29-22)19-12-14-28-15-13-19/h6-9,12-15,20H,2-5,10-11,16,27H2,1H3/t20-/m0/s1. The van der Waals surface area contributed by atoms with Gasteiger partial charge in [0.25, 0.3) is 0 Å². The van der Waals surface area contributed by atoms with E-state index >= 15 is 0 Å². The van der Waals surface area contributed by atoms with Crippen LogP contribution in [0.4, 0.5) is 0 Å². The summed E-state index contributed by atoms with van der Waals surface area (Å²) in [5.74, 6) is 0.801. The van der Waals surface area contributed by atoms with Crippen molar-refractivity contribution in [3.05, 3.63) is 76.1 Å². The zero-order valence-corrected chi connectivity index (χ0v) is 18.8. The molecule has 158 valence electrons. The van der Waals surface area contributed by atoms with Crippen molar-refractivity contribution >= 4 is 21.6 Å². The average Bonchev–Trinajstić information content (AvgIpc) is 3.18. The van der Waals surface area contributed by atoms with Crippen LogP contribution in [0.3, 0.4) is 0 Å². The van der Waals surface area contributed by atoms with Gasteiger partial charge in [0, 0.05) is 34.3 Å². The largest absolute Gasteiger partial charge is 0.327 e. The lowest BCUT2D eigenvalue weighted by molar-refractivity contribution is 0.606. The molecule has 4 aromatic rings. The Hall–Kier alpha value is -2.63. The molecule has 0 saturated carbocycles. The molecule has 1 aliphatic carbocycles. The number of nitrogens with two attached hydrogens (primary N) is 1. The van der Waals surface area contributed by atoms with Crippen LogP contribution >= 0.6 is 11.3 Å². The number of nitrogens with zero attached hydrogens (tertiary/aromatic N) is 3. The third-order valence-electron chi connectivity index (χ3n) is 6.20. The van der Waals surface area contributed by atoms with Crippen molar-refractivity contribution in [2.75, 3.05) is 0 Å². The Morgan fingerprint density at radius 2 is 1.77 bits per heavy atom. The van der Waals surface area contributed by atoms with Gasteiger partial charge in [0.1, 0.15) is 4.83 Å². The van der Waals surface area contributed by atoms with Gasteiger partial charge in [-0.3, -0.25) is 4.98 Å². The van der Waals surface area contributed by atoms with Gasteiger partial charge in [-0.2, -0.15) is 0 Å². The number of pyridine rings is 1. The second-order valence-corrected chi connectivity index (χ2v) is 9.69. The first-order valence-corrected chi connectivity index (χ1v) is 12.0. The van der Waals surface area contributed by atoms with Crippen LogP contribution in [0.2, 0.25) is 0 Å². The van der Waals surface area contributed by atoms with Crippen molar-refractivity contribution in [1.29, 1.82) is 0 Å². The highest BCUT2D eigenvalue weighted by atomic mass is 32.1. The molecule has 0 saturated heterocycles. The van der Waals surface area contributed by atoms with E-state index in [0.29, 0.717) is 0 Å². The number of rotatable bonds is 6. The van der Waals surface area contributed by atoms with Crippen LogP contribution in [-0.2, 0) is 25.7 Å². The molecule has 3 aromatic heterocycles. The molecule has 0 aliphatic heterocycles. The lowest BCUT2D eigenvalue weighted by Gasteiger charge is -2.15. The van der Waals surface area contributed by atoms with Crippen LogP contribution in [0.25, 0.3) is 21.6 Å². The molecular weight excluding hydrogens is 400 g/mol. The smallest absolute Gasteiger partial charge is 0.161 e. The Morgan fingerprint density at radius 1 is 1.00 bits per heavy atom. The SMILES string of the molecule is Cc1ccc(C[C@@H](N)CCc2nc(-c3ccncc3)nc3sc4c(c23)CCCC4)cc1. The van der Waals surface area contributed by atoms with Crippen molar-refractivity contribution in [2.24, 2.45) is 5.73 Å². The third-order valence-corrected chi connectivity index (χ3v) is 7.38. The van der Waals surface area contributed by atoms with Gasteiger partial charge in [0.15, 0.2) is 5.82 Å². The molecule has 0 radical (unpaired) electrons. The zero-order valence-electron chi connectivity index (χ0n) is 18.0. The fraction of sp³-hybridized carbons (Fsp3) is 0.346. The first-order chi connectivity index (χ1) is 15.2. The fourth-order valence-corrected chi connectivity index (χ4v) is 5.78. The van der Waals surface area contributed by atoms with Gasteiger partial charge in [-0.1, -0.05) is 29.8 Å². The van der Waals surface area contributed by atoms with Crippen molar-refractivity contribution in [1.82, 2.24) is 15.0 Å². The summed E-state index contributed by atoms with van der Waals surface area (Å²) in [6.45, 7) is 2.12. The first kappa shape index (κ1) is 20.3. The normalized spacial score (nSPS) is 14.5. The van der Waals surface area contributed by atoms with Crippen LogP contribution in [0.5, 0.6) is 0 Å². The van der Waals surface area contributed by atoms with Crippen LogP contribution in [0, 0.1) is 6.92 Å². The maximum absolute atomic E-state index is 6.55. The van der Waals surface area contributed by atoms with E-state index in [1.807, 2.05) is 23.5 Å². The van der Waals surface area contributed by atoms with Crippen molar-refractivity contribution in [3.8, 4) is 11.4 Å². The molecule has 1 aliphatic rings. The number of benzene rings is 1. The minimum atomic E-state index is 0.117. The topological polar surface area (TPSA) is 64.7 Å². The molecular formula is C26H28N4S. The molecule has 5 heteroatoms.